The lowest BCUT2D eigenvalue weighted by Crippen LogP contribution is -2.41. The fourth-order valence-corrected chi connectivity index (χ4v) is 3.53. The molecule has 2 rings (SSSR count). The maximum atomic E-state index is 11.7. The van der Waals surface area contributed by atoms with Gasteiger partial charge in [0.2, 0.25) is 10.0 Å². The summed E-state index contributed by atoms with van der Waals surface area (Å²) in [6.07, 6.45) is 3.82. The summed E-state index contributed by atoms with van der Waals surface area (Å²) in [6.45, 7) is 3.39. The molecule has 1 aliphatic heterocycles. The molecule has 16 heavy (non-hydrogen) atoms. The molecule has 5 nitrogen and oxygen atoms in total. The monoisotopic (exact) mass is 307 g/mol. The number of nitrogens with zero attached hydrogens (tertiary/aromatic N) is 3. The average Bonchev–Trinajstić information content (AvgIpc) is 2.58. The van der Waals surface area contributed by atoms with Gasteiger partial charge >= 0.3 is 0 Å². The Morgan fingerprint density at radius 2 is 2.25 bits per heavy atom. The Hall–Kier alpha value is -0.560. The van der Waals surface area contributed by atoms with Crippen LogP contribution in [-0.2, 0) is 16.6 Å². The summed E-state index contributed by atoms with van der Waals surface area (Å²) in [5, 5.41) is 4.18. The topological polar surface area (TPSA) is 55.2 Å². The van der Waals surface area contributed by atoms with E-state index in [-0.39, 0.29) is 0 Å². The van der Waals surface area contributed by atoms with Crippen molar-refractivity contribution in [3.63, 3.8) is 0 Å². The maximum absolute atomic E-state index is 11.7. The van der Waals surface area contributed by atoms with Gasteiger partial charge in [0.1, 0.15) is 0 Å². The fourth-order valence-electron chi connectivity index (χ4n) is 1.91. The van der Waals surface area contributed by atoms with Gasteiger partial charge in [-0.15, -0.1) is 0 Å². The van der Waals surface area contributed by atoms with E-state index in [0.717, 1.165) is 17.4 Å². The van der Waals surface area contributed by atoms with Crippen molar-refractivity contribution >= 4 is 31.8 Å². The Morgan fingerprint density at radius 1 is 1.56 bits per heavy atom. The molecule has 0 fully saturated rings. The van der Waals surface area contributed by atoms with E-state index < -0.39 is 10.0 Å². The van der Waals surface area contributed by atoms with Gasteiger partial charge in [0.05, 0.1) is 16.9 Å². The van der Waals surface area contributed by atoms with Gasteiger partial charge in [-0.05, 0) is 28.3 Å². The Morgan fingerprint density at radius 3 is 2.81 bits per heavy atom. The largest absolute Gasteiger partial charge is 0.253 e. The average molecular weight is 308 g/mol. The SMILES string of the molecule is CCC1CN(S(C)(=O)=O)c2c(Br)cnn2C1. The molecule has 0 amide bonds. The van der Waals surface area contributed by atoms with Crippen LogP contribution in [0, 0.1) is 5.92 Å². The predicted molar refractivity (Wildman–Crippen MR) is 65.9 cm³/mol. The lowest BCUT2D eigenvalue weighted by atomic mass is 10.1. The number of aromatic nitrogens is 2. The molecule has 0 bridgehead atoms. The minimum absolute atomic E-state index is 0.328. The molecule has 1 atom stereocenters. The van der Waals surface area contributed by atoms with Crippen LogP contribution in [-0.4, -0.2) is 31.0 Å². The van der Waals surface area contributed by atoms with E-state index in [1.807, 2.05) is 0 Å². The Balaban J connectivity index is 2.50. The molecule has 1 unspecified atom stereocenters. The van der Waals surface area contributed by atoms with Crippen molar-refractivity contribution in [3.05, 3.63) is 10.7 Å². The highest BCUT2D eigenvalue weighted by atomic mass is 79.9. The van der Waals surface area contributed by atoms with Crippen LogP contribution < -0.4 is 4.31 Å². The smallest absolute Gasteiger partial charge is 0.233 e. The minimum Gasteiger partial charge on any atom is -0.253 e. The van der Waals surface area contributed by atoms with Gasteiger partial charge < -0.3 is 0 Å². The second kappa shape index (κ2) is 4.03. The molecule has 1 aliphatic rings. The summed E-state index contributed by atoms with van der Waals surface area (Å²) < 4.78 is 27.4. The van der Waals surface area contributed by atoms with E-state index >= 15 is 0 Å². The predicted octanol–water partition coefficient (Wildman–Crippen LogP) is 1.45. The van der Waals surface area contributed by atoms with Crippen LogP contribution in [0.2, 0.25) is 0 Å². The van der Waals surface area contributed by atoms with Crippen molar-refractivity contribution < 1.29 is 8.42 Å². The van der Waals surface area contributed by atoms with E-state index in [1.165, 1.54) is 10.6 Å². The molecule has 90 valence electrons. The summed E-state index contributed by atoms with van der Waals surface area (Å²) in [7, 11) is -3.23. The van der Waals surface area contributed by atoms with Gasteiger partial charge in [0.15, 0.2) is 5.82 Å². The molecule has 0 saturated carbocycles. The highest BCUT2D eigenvalue weighted by molar-refractivity contribution is 9.10. The zero-order valence-corrected chi connectivity index (χ0v) is 11.6. The van der Waals surface area contributed by atoms with Gasteiger partial charge in [0, 0.05) is 13.1 Å². The van der Waals surface area contributed by atoms with E-state index in [4.69, 9.17) is 0 Å². The van der Waals surface area contributed by atoms with E-state index in [2.05, 4.69) is 28.0 Å². The maximum Gasteiger partial charge on any atom is 0.233 e. The summed E-state index contributed by atoms with van der Waals surface area (Å²) in [6, 6.07) is 0. The third kappa shape index (κ3) is 1.98. The number of rotatable bonds is 2. The molecule has 0 aromatic carbocycles. The molecule has 1 aromatic rings. The summed E-state index contributed by atoms with van der Waals surface area (Å²) in [5.74, 6) is 0.973. The van der Waals surface area contributed by atoms with Crippen LogP contribution in [0.25, 0.3) is 0 Å². The van der Waals surface area contributed by atoms with Gasteiger partial charge in [-0.3, -0.25) is 4.31 Å². The molecule has 0 saturated heterocycles. The van der Waals surface area contributed by atoms with Crippen LogP contribution in [0.5, 0.6) is 0 Å². The molecule has 0 radical (unpaired) electrons. The summed E-state index contributed by atoms with van der Waals surface area (Å²) in [5.41, 5.74) is 0. The number of anilines is 1. The van der Waals surface area contributed by atoms with Crippen molar-refractivity contribution in [1.82, 2.24) is 9.78 Å². The zero-order valence-electron chi connectivity index (χ0n) is 9.22. The Kier molecular flexibility index (Phi) is 3.00. The normalized spacial score (nSPS) is 20.9. The molecule has 7 heteroatoms. The number of fused-ring (bicyclic) bond motifs is 1. The van der Waals surface area contributed by atoms with Crippen molar-refractivity contribution in [2.24, 2.45) is 5.92 Å². The van der Waals surface area contributed by atoms with E-state index in [0.29, 0.717) is 18.3 Å². The van der Waals surface area contributed by atoms with Crippen LogP contribution >= 0.6 is 15.9 Å². The van der Waals surface area contributed by atoms with Crippen LogP contribution in [0.4, 0.5) is 5.82 Å². The lowest BCUT2D eigenvalue weighted by Gasteiger charge is -2.32. The molecular formula is C9H14BrN3O2S. The summed E-state index contributed by atoms with van der Waals surface area (Å²) >= 11 is 3.34. The highest BCUT2D eigenvalue weighted by Gasteiger charge is 2.31. The quantitative estimate of drug-likeness (QED) is 0.831. The first-order valence-corrected chi connectivity index (χ1v) is 7.76. The van der Waals surface area contributed by atoms with Gasteiger partial charge in [-0.25, -0.2) is 13.1 Å². The van der Waals surface area contributed by atoms with Crippen LogP contribution in [0.1, 0.15) is 13.3 Å². The van der Waals surface area contributed by atoms with Crippen molar-refractivity contribution in [2.45, 2.75) is 19.9 Å². The second-order valence-corrected chi connectivity index (χ2v) is 6.83. The van der Waals surface area contributed by atoms with Crippen molar-refractivity contribution in [3.8, 4) is 0 Å². The summed E-state index contributed by atoms with van der Waals surface area (Å²) in [4.78, 5) is 0. The van der Waals surface area contributed by atoms with Gasteiger partial charge in [0.25, 0.3) is 0 Å². The van der Waals surface area contributed by atoms with E-state index in [1.54, 1.807) is 10.9 Å². The molecule has 1 aromatic heterocycles. The van der Waals surface area contributed by atoms with E-state index in [9.17, 15) is 8.42 Å². The Bertz CT molecular complexity index is 497. The minimum atomic E-state index is -3.23. The molecule has 0 aliphatic carbocycles. The standard InChI is InChI=1S/C9H14BrN3O2S/c1-3-7-5-12-9(8(10)4-11-12)13(6-7)16(2,14)15/h4,7H,3,5-6H2,1-2H3. The number of sulfonamides is 1. The molecule has 2 heterocycles. The number of halogens is 1. The van der Waals surface area contributed by atoms with Crippen LogP contribution in [0.15, 0.2) is 10.7 Å². The first kappa shape index (κ1) is 11.9. The van der Waals surface area contributed by atoms with Crippen molar-refractivity contribution in [2.75, 3.05) is 17.1 Å². The Labute approximate surface area is 104 Å². The highest BCUT2D eigenvalue weighted by Crippen LogP contribution is 2.33. The fraction of sp³-hybridized carbons (Fsp3) is 0.667. The second-order valence-electron chi connectivity index (χ2n) is 4.07. The van der Waals surface area contributed by atoms with Gasteiger partial charge in [-0.1, -0.05) is 6.92 Å². The molecular weight excluding hydrogens is 294 g/mol. The number of hydrogen-bond donors (Lipinski definition) is 0. The first-order valence-electron chi connectivity index (χ1n) is 5.12. The number of hydrogen-bond acceptors (Lipinski definition) is 3. The zero-order chi connectivity index (χ0) is 11.9. The third-order valence-electron chi connectivity index (χ3n) is 2.84. The third-order valence-corrected chi connectivity index (χ3v) is 4.52. The van der Waals surface area contributed by atoms with Crippen LogP contribution in [0.3, 0.4) is 0 Å². The molecule has 0 N–H and O–H groups in total. The van der Waals surface area contributed by atoms with Crippen molar-refractivity contribution in [1.29, 1.82) is 0 Å². The first-order chi connectivity index (χ1) is 7.43. The molecule has 0 spiro atoms. The lowest BCUT2D eigenvalue weighted by molar-refractivity contribution is 0.388. The van der Waals surface area contributed by atoms with Gasteiger partial charge in [-0.2, -0.15) is 5.10 Å².